The van der Waals surface area contributed by atoms with E-state index < -0.39 is 12.3 Å². The second-order valence-electron chi connectivity index (χ2n) is 12.3. The average molecular weight is 604 g/mol. The predicted molar refractivity (Wildman–Crippen MR) is 175 cm³/mol. The molecule has 0 amide bonds. The molecule has 0 spiro atoms. The molecule has 238 valence electrons. The fraction of sp³-hybridized carbons (Fsp3) is 0.500. The number of ether oxygens (including phenoxy) is 1. The third kappa shape index (κ3) is 9.35. The predicted octanol–water partition coefficient (Wildman–Crippen LogP) is 4.65. The van der Waals surface area contributed by atoms with Crippen LogP contribution in [-0.4, -0.2) is 41.1 Å². The van der Waals surface area contributed by atoms with Crippen LogP contribution in [0.5, 0.6) is 11.5 Å². The van der Waals surface area contributed by atoms with Crippen LogP contribution in [0.3, 0.4) is 0 Å². The van der Waals surface area contributed by atoms with E-state index in [4.69, 9.17) is 16.2 Å². The number of quaternary nitrogens is 1. The van der Waals surface area contributed by atoms with Gasteiger partial charge in [-0.1, -0.05) is 82.7 Å². The Balaban J connectivity index is 1.32. The van der Waals surface area contributed by atoms with E-state index in [0.29, 0.717) is 38.3 Å². The fourth-order valence-electron chi connectivity index (χ4n) is 6.07. The van der Waals surface area contributed by atoms with Crippen molar-refractivity contribution in [3.8, 4) is 11.5 Å². The van der Waals surface area contributed by atoms with E-state index >= 15 is 0 Å². The van der Waals surface area contributed by atoms with Crippen LogP contribution in [0.4, 0.5) is 0 Å². The topological polar surface area (TPSA) is 136 Å². The number of aromatic hydroxyl groups is 1. The number of rotatable bonds is 19. The molecule has 2 heterocycles. The number of aliphatic imine (C=N–C) groups is 1. The van der Waals surface area contributed by atoms with E-state index in [1.807, 2.05) is 36.5 Å². The lowest BCUT2D eigenvalue weighted by molar-refractivity contribution is -0.851. The van der Waals surface area contributed by atoms with Crippen LogP contribution in [-0.2, 0) is 17.6 Å². The molecule has 3 atom stereocenters. The summed E-state index contributed by atoms with van der Waals surface area (Å²) in [6.07, 6.45) is 12.3. The lowest BCUT2D eigenvalue weighted by Gasteiger charge is -2.22. The van der Waals surface area contributed by atoms with Crippen molar-refractivity contribution < 1.29 is 24.6 Å². The van der Waals surface area contributed by atoms with Gasteiger partial charge in [0.1, 0.15) is 24.2 Å². The van der Waals surface area contributed by atoms with Crippen LogP contribution in [0.1, 0.15) is 94.5 Å². The largest absolute Gasteiger partial charge is 0.504 e. The van der Waals surface area contributed by atoms with Crippen LogP contribution in [0.15, 0.2) is 71.0 Å². The summed E-state index contributed by atoms with van der Waals surface area (Å²) >= 11 is 0. The highest BCUT2D eigenvalue weighted by Crippen LogP contribution is 2.29. The smallest absolute Gasteiger partial charge is 0.227 e. The number of phenolic OH excluding ortho intramolecular Hbond substituents is 1. The van der Waals surface area contributed by atoms with Gasteiger partial charge in [-0.3, -0.25) is 14.7 Å². The molecule has 4 rings (SSSR count). The molecule has 0 aromatic heterocycles. The molecule has 44 heavy (non-hydrogen) atoms. The number of nitrogens with two attached hydrogens (primary N) is 2. The van der Waals surface area contributed by atoms with Crippen molar-refractivity contribution in [2.24, 2.45) is 22.4 Å². The van der Waals surface area contributed by atoms with Gasteiger partial charge in [-0.25, -0.2) is 0 Å². The number of hydrogen-bond donors (Lipinski definition) is 5. The van der Waals surface area contributed by atoms with E-state index in [0.717, 1.165) is 89.8 Å². The van der Waals surface area contributed by atoms with E-state index in [-0.39, 0.29) is 17.5 Å². The lowest BCUT2D eigenvalue weighted by Crippen LogP contribution is -3.07. The highest BCUT2D eigenvalue weighted by molar-refractivity contribution is 6.08. The molecule has 8 nitrogen and oxygen atoms in total. The summed E-state index contributed by atoms with van der Waals surface area (Å²) in [4.78, 5) is 19.0. The zero-order valence-electron chi connectivity index (χ0n) is 26.4. The quantitative estimate of drug-likeness (QED) is 0.117. The summed E-state index contributed by atoms with van der Waals surface area (Å²) in [5.41, 5.74) is 18.0. The van der Waals surface area contributed by atoms with Crippen LogP contribution in [0.2, 0.25) is 0 Å². The van der Waals surface area contributed by atoms with Crippen LogP contribution in [0.25, 0.3) is 0 Å². The molecule has 2 aromatic carbocycles. The summed E-state index contributed by atoms with van der Waals surface area (Å²) < 4.78 is 6.08. The molecule has 8 heteroatoms. The van der Waals surface area contributed by atoms with E-state index in [2.05, 4.69) is 31.1 Å². The third-order valence-corrected chi connectivity index (χ3v) is 8.70. The molecule has 0 fully saturated rings. The highest BCUT2D eigenvalue weighted by atomic mass is 16.5. The van der Waals surface area contributed by atoms with Crippen LogP contribution in [0, 0.1) is 5.92 Å². The fourth-order valence-corrected chi connectivity index (χ4v) is 6.07. The van der Waals surface area contributed by atoms with Crippen molar-refractivity contribution in [3.05, 3.63) is 82.7 Å². The zero-order valence-corrected chi connectivity index (χ0v) is 26.4. The summed E-state index contributed by atoms with van der Waals surface area (Å²) in [5.74, 6) is 0.306. The van der Waals surface area contributed by atoms with Gasteiger partial charge < -0.3 is 26.4 Å². The van der Waals surface area contributed by atoms with Gasteiger partial charge in [0.15, 0.2) is 11.5 Å². The minimum absolute atomic E-state index is 0.0752. The van der Waals surface area contributed by atoms with Gasteiger partial charge in [0.05, 0.1) is 17.8 Å². The molecule has 0 aliphatic carbocycles. The first-order valence-electron chi connectivity index (χ1n) is 16.4. The number of aliphatic hydroxyl groups is 1. The Bertz CT molecular complexity index is 1350. The Hall–Kier alpha value is -3.30. The maximum atomic E-state index is 13.2. The Kier molecular flexibility index (Phi) is 12.7. The standard InChI is InChI=1S/C36H50N4O4/c1-3-5-7-12-29(32(41)13-8-6-4-2)33(42)16-14-25-15-17-34(43)35(20-25)44-24-40-22-30-28(21-39-31(30)23-40)19-26-10-9-11-27(18-26)36(37)38/h9-11,15,17-18,20-22,29,32,36,41,43H,3-8,12-14,16,19,23-24,37-38H2,1-2H3/p+1/t29-,32-/m1/s1. The number of ketones is 1. The van der Waals surface area contributed by atoms with E-state index in [1.165, 1.54) is 0 Å². The first kappa shape index (κ1) is 33.6. The second-order valence-corrected chi connectivity index (χ2v) is 12.3. The monoisotopic (exact) mass is 603 g/mol. The van der Waals surface area contributed by atoms with Crippen molar-refractivity contribution in [2.75, 3.05) is 13.3 Å². The van der Waals surface area contributed by atoms with Gasteiger partial charge >= 0.3 is 0 Å². The maximum absolute atomic E-state index is 13.2. The van der Waals surface area contributed by atoms with Gasteiger partial charge in [-0.15, -0.1) is 0 Å². The number of nitrogens with zero attached hydrogens (tertiary/aromatic N) is 1. The number of carbonyl (C=O) groups excluding carboxylic acids is 1. The van der Waals surface area contributed by atoms with Crippen LogP contribution < -0.4 is 21.1 Å². The van der Waals surface area contributed by atoms with E-state index in [9.17, 15) is 15.0 Å². The second kappa shape index (κ2) is 16.7. The molecule has 0 saturated carbocycles. The first-order chi connectivity index (χ1) is 21.3. The molecule has 7 N–H and O–H groups in total. The Morgan fingerprint density at radius 3 is 2.55 bits per heavy atom. The van der Waals surface area contributed by atoms with Crippen LogP contribution >= 0.6 is 0 Å². The number of fused-ring (bicyclic) bond motifs is 1. The van der Waals surface area contributed by atoms with Gasteiger partial charge in [0.25, 0.3) is 0 Å². The molecular weight excluding hydrogens is 552 g/mol. The number of benzene rings is 2. The number of phenols is 1. The number of Topliss-reactive ketones (excluding diaryl/α,β-unsaturated/α-hetero) is 1. The van der Waals surface area contributed by atoms with Crippen molar-refractivity contribution in [3.63, 3.8) is 0 Å². The molecule has 2 aromatic rings. The number of unbranched alkanes of at least 4 members (excludes halogenated alkanes) is 4. The number of aliphatic hydroxyl groups excluding tert-OH is 1. The van der Waals surface area contributed by atoms with Gasteiger partial charge in [0.2, 0.25) is 6.73 Å². The number of aryl methyl sites for hydroxylation is 1. The molecule has 2 aliphatic heterocycles. The summed E-state index contributed by atoms with van der Waals surface area (Å²) in [7, 11) is 0. The van der Waals surface area contributed by atoms with Crippen molar-refractivity contribution in [1.29, 1.82) is 0 Å². The minimum atomic E-state index is -0.573. The van der Waals surface area contributed by atoms with Gasteiger partial charge in [-0.05, 0) is 60.1 Å². The lowest BCUT2D eigenvalue weighted by atomic mass is 9.86. The third-order valence-electron chi connectivity index (χ3n) is 8.70. The molecule has 1 unspecified atom stereocenters. The zero-order chi connectivity index (χ0) is 31.5. The van der Waals surface area contributed by atoms with Crippen molar-refractivity contribution >= 4 is 11.5 Å². The molecule has 0 bridgehead atoms. The van der Waals surface area contributed by atoms with Gasteiger partial charge in [0, 0.05) is 18.5 Å². The number of hydrogen-bond acceptors (Lipinski definition) is 7. The minimum Gasteiger partial charge on any atom is -0.504 e. The molecule has 2 aliphatic rings. The molecule has 0 saturated heterocycles. The normalized spacial score (nSPS) is 17.2. The van der Waals surface area contributed by atoms with Crippen molar-refractivity contribution in [2.45, 2.75) is 96.7 Å². The number of carbonyl (C=O) groups is 1. The SMILES string of the molecule is CCCCC[C@@H](O)[C@@H](CCCCC)C(=O)CCc1ccc(O)c(OC[NH+]2C=C3C(Cc4cccc(C(N)N)c4)=CN=C3C2)c1. The summed E-state index contributed by atoms with van der Waals surface area (Å²) in [5, 5.41) is 21.3. The van der Waals surface area contributed by atoms with Crippen molar-refractivity contribution in [1.82, 2.24) is 0 Å². The Labute approximate surface area is 262 Å². The number of allylic oxidation sites excluding steroid dienone is 1. The first-order valence-corrected chi connectivity index (χ1v) is 16.4. The molecular formula is C36H51N4O4+. The average Bonchev–Trinajstić information content (AvgIpc) is 3.59. The van der Waals surface area contributed by atoms with Gasteiger partial charge in [-0.2, -0.15) is 0 Å². The van der Waals surface area contributed by atoms with E-state index in [1.54, 1.807) is 6.07 Å². The Morgan fingerprint density at radius 2 is 1.80 bits per heavy atom. The maximum Gasteiger partial charge on any atom is 0.227 e. The molecule has 0 radical (unpaired) electrons. The summed E-state index contributed by atoms with van der Waals surface area (Å²) in [6, 6.07) is 13.3. The highest BCUT2D eigenvalue weighted by Gasteiger charge is 2.30. The summed E-state index contributed by atoms with van der Waals surface area (Å²) in [6.45, 7) is 5.34. The number of nitrogens with one attached hydrogen (secondary N) is 1. The Morgan fingerprint density at radius 1 is 1.02 bits per heavy atom.